The van der Waals surface area contributed by atoms with Gasteiger partial charge in [0.2, 0.25) is 0 Å². The first kappa shape index (κ1) is 14.0. The summed E-state index contributed by atoms with van der Waals surface area (Å²) in [4.78, 5) is 1.77. The van der Waals surface area contributed by atoms with Crippen LogP contribution in [0.4, 0.5) is 0 Å². The van der Waals surface area contributed by atoms with Gasteiger partial charge in [0.05, 0.1) is 0 Å². The molecular formula is C12H11NaOS2. The molecule has 0 atom stereocenters. The predicted molar refractivity (Wildman–Crippen MR) is 68.6 cm³/mol. The third-order valence-corrected chi connectivity index (χ3v) is 2.43. The zero-order valence-corrected chi connectivity index (χ0v) is 12.7. The molecule has 0 unspecified atom stereocenters. The van der Waals surface area contributed by atoms with E-state index in [1.165, 1.54) is 0 Å². The summed E-state index contributed by atoms with van der Waals surface area (Å²) < 4.78 is 5.64. The van der Waals surface area contributed by atoms with Gasteiger partial charge < -0.3 is 6.16 Å². The monoisotopic (exact) mass is 258 g/mol. The van der Waals surface area contributed by atoms with E-state index < -0.39 is 0 Å². The molecule has 0 heterocycles. The maximum atomic E-state index is 5.64. The molecule has 0 radical (unpaired) electrons. The van der Waals surface area contributed by atoms with Crippen LogP contribution in [0.5, 0.6) is 11.5 Å². The second-order valence-electron chi connectivity index (χ2n) is 3.10. The molecule has 78 valence electrons. The van der Waals surface area contributed by atoms with Crippen LogP contribution in [0.1, 0.15) is 1.43 Å². The summed E-state index contributed by atoms with van der Waals surface area (Å²) in [5.41, 5.74) is 0. The van der Waals surface area contributed by atoms with Crippen molar-refractivity contribution in [2.24, 2.45) is 0 Å². The van der Waals surface area contributed by atoms with Crippen molar-refractivity contribution in [3.63, 3.8) is 0 Å². The van der Waals surface area contributed by atoms with Gasteiger partial charge in [-0.05, 0) is 36.4 Å². The van der Waals surface area contributed by atoms with Gasteiger partial charge in [0.1, 0.15) is 11.5 Å². The summed E-state index contributed by atoms with van der Waals surface area (Å²) in [6.45, 7) is 0. The van der Waals surface area contributed by atoms with Gasteiger partial charge in [-0.15, -0.1) is 25.3 Å². The first-order valence-electron chi connectivity index (χ1n) is 4.50. The van der Waals surface area contributed by atoms with Crippen LogP contribution >= 0.6 is 25.3 Å². The topological polar surface area (TPSA) is 9.23 Å². The Kier molecular flexibility index (Phi) is 5.79. The normalized spacial score (nSPS) is 9.38. The van der Waals surface area contributed by atoms with E-state index in [1.807, 2.05) is 48.5 Å². The van der Waals surface area contributed by atoms with Crippen LogP contribution in [0.15, 0.2) is 58.3 Å². The zero-order chi connectivity index (χ0) is 10.7. The average Bonchev–Trinajstić information content (AvgIpc) is 2.17. The third-order valence-electron chi connectivity index (χ3n) is 1.87. The molecule has 0 bridgehead atoms. The van der Waals surface area contributed by atoms with Crippen molar-refractivity contribution in [3.05, 3.63) is 48.5 Å². The molecule has 16 heavy (non-hydrogen) atoms. The van der Waals surface area contributed by atoms with Gasteiger partial charge in [0, 0.05) is 9.79 Å². The van der Waals surface area contributed by atoms with E-state index >= 15 is 0 Å². The van der Waals surface area contributed by atoms with Crippen LogP contribution < -0.4 is 34.3 Å². The first-order valence-corrected chi connectivity index (χ1v) is 5.39. The maximum Gasteiger partial charge on any atom is 1.00 e. The van der Waals surface area contributed by atoms with Crippen LogP contribution in [0.3, 0.4) is 0 Å². The Morgan fingerprint density at radius 3 is 1.62 bits per heavy atom. The van der Waals surface area contributed by atoms with Gasteiger partial charge in [-0.25, -0.2) is 0 Å². The van der Waals surface area contributed by atoms with E-state index in [0.717, 1.165) is 21.3 Å². The summed E-state index contributed by atoms with van der Waals surface area (Å²) in [6, 6.07) is 15.2. The Hall–Kier alpha value is -0.0600. The number of ether oxygens (including phenoxy) is 1. The van der Waals surface area contributed by atoms with E-state index in [2.05, 4.69) is 25.3 Å². The molecule has 2 aromatic carbocycles. The average molecular weight is 258 g/mol. The van der Waals surface area contributed by atoms with Crippen LogP contribution in [-0.4, -0.2) is 0 Å². The molecule has 0 aliphatic heterocycles. The SMILES string of the molecule is Sc1cccc(Oc2cccc(S)c2)c1.[H-].[Na+]. The fourth-order valence-electron chi connectivity index (χ4n) is 1.23. The molecule has 0 saturated heterocycles. The Morgan fingerprint density at radius 2 is 1.25 bits per heavy atom. The summed E-state index contributed by atoms with van der Waals surface area (Å²) in [5.74, 6) is 1.56. The molecule has 0 aromatic heterocycles. The van der Waals surface area contributed by atoms with Crippen LogP contribution in [0, 0.1) is 0 Å². The van der Waals surface area contributed by atoms with E-state index in [1.54, 1.807) is 0 Å². The minimum absolute atomic E-state index is 0. The molecule has 1 nitrogen and oxygen atoms in total. The molecule has 2 rings (SSSR count). The summed E-state index contributed by atoms with van der Waals surface area (Å²) in [7, 11) is 0. The first-order chi connectivity index (χ1) is 7.24. The molecule has 4 heteroatoms. The van der Waals surface area contributed by atoms with Gasteiger partial charge >= 0.3 is 29.6 Å². The fourth-order valence-corrected chi connectivity index (χ4v) is 1.66. The van der Waals surface area contributed by atoms with Crippen molar-refractivity contribution < 1.29 is 35.7 Å². The van der Waals surface area contributed by atoms with Gasteiger partial charge in [0.25, 0.3) is 0 Å². The van der Waals surface area contributed by atoms with Crippen molar-refractivity contribution in [2.45, 2.75) is 9.79 Å². The molecule has 0 fully saturated rings. The Morgan fingerprint density at radius 1 is 0.812 bits per heavy atom. The van der Waals surface area contributed by atoms with Gasteiger partial charge in [-0.2, -0.15) is 0 Å². The quantitative estimate of drug-likeness (QED) is 0.607. The maximum absolute atomic E-state index is 5.64. The molecule has 0 N–H and O–H groups in total. The molecule has 0 amide bonds. The molecule has 2 aromatic rings. The Balaban J connectivity index is 0.00000128. The van der Waals surface area contributed by atoms with Crippen LogP contribution in [0.2, 0.25) is 0 Å². The van der Waals surface area contributed by atoms with E-state index in [9.17, 15) is 0 Å². The van der Waals surface area contributed by atoms with Crippen molar-refractivity contribution in [1.82, 2.24) is 0 Å². The molecular weight excluding hydrogens is 247 g/mol. The van der Waals surface area contributed by atoms with E-state index in [4.69, 9.17) is 4.74 Å². The third kappa shape index (κ3) is 4.07. The minimum Gasteiger partial charge on any atom is -1.00 e. The minimum atomic E-state index is 0. The molecule has 0 saturated carbocycles. The summed E-state index contributed by atoms with van der Waals surface area (Å²) in [5, 5.41) is 0. The van der Waals surface area contributed by atoms with Crippen molar-refractivity contribution >= 4 is 25.3 Å². The number of thiol groups is 2. The summed E-state index contributed by atoms with van der Waals surface area (Å²) in [6.07, 6.45) is 0. The number of hydrogen-bond donors (Lipinski definition) is 2. The molecule has 0 aliphatic carbocycles. The zero-order valence-electron chi connectivity index (χ0n) is 9.92. The van der Waals surface area contributed by atoms with Gasteiger partial charge in [-0.3, -0.25) is 0 Å². The van der Waals surface area contributed by atoms with Crippen LogP contribution in [-0.2, 0) is 0 Å². The van der Waals surface area contributed by atoms with Crippen molar-refractivity contribution in [1.29, 1.82) is 0 Å². The second kappa shape index (κ2) is 6.62. The predicted octanol–water partition coefficient (Wildman–Crippen LogP) is 1.17. The number of rotatable bonds is 2. The van der Waals surface area contributed by atoms with E-state index in [-0.39, 0.29) is 31.0 Å². The molecule has 0 spiro atoms. The summed E-state index contributed by atoms with van der Waals surface area (Å²) >= 11 is 8.49. The fraction of sp³-hybridized carbons (Fsp3) is 0. The van der Waals surface area contributed by atoms with Crippen LogP contribution in [0.25, 0.3) is 0 Å². The second-order valence-corrected chi connectivity index (χ2v) is 4.13. The Labute approximate surface area is 130 Å². The largest absolute Gasteiger partial charge is 1.00 e. The molecule has 0 aliphatic rings. The van der Waals surface area contributed by atoms with Gasteiger partial charge in [0.15, 0.2) is 0 Å². The number of benzene rings is 2. The van der Waals surface area contributed by atoms with Crippen molar-refractivity contribution in [2.75, 3.05) is 0 Å². The number of hydrogen-bond acceptors (Lipinski definition) is 3. The standard InChI is InChI=1S/C12H10OS2.Na.H/c14-11-5-1-3-9(7-11)13-10-4-2-6-12(15)8-10;;/h1-8,14-15H;;/q;+1;-1. The van der Waals surface area contributed by atoms with Crippen molar-refractivity contribution in [3.8, 4) is 11.5 Å². The smallest absolute Gasteiger partial charge is 1.00 e. The van der Waals surface area contributed by atoms with Gasteiger partial charge in [-0.1, -0.05) is 12.1 Å². The Bertz CT molecular complexity index is 436. The van der Waals surface area contributed by atoms with E-state index in [0.29, 0.717) is 0 Å².